The van der Waals surface area contributed by atoms with Gasteiger partial charge in [0.2, 0.25) is 0 Å². The number of piperazine rings is 1. The summed E-state index contributed by atoms with van der Waals surface area (Å²) in [7, 11) is 1.64. The van der Waals surface area contributed by atoms with Crippen molar-refractivity contribution in [3.8, 4) is 5.75 Å². The number of carbonyl (C=O) groups excluding carboxylic acids is 1. The Labute approximate surface area is 162 Å². The maximum absolute atomic E-state index is 12.6. The zero-order valence-corrected chi connectivity index (χ0v) is 15.7. The highest BCUT2D eigenvalue weighted by molar-refractivity contribution is 5.94. The summed E-state index contributed by atoms with van der Waals surface area (Å²) in [6, 6.07) is 12.4. The Morgan fingerprint density at radius 2 is 1.71 bits per heavy atom. The molecule has 1 aliphatic heterocycles. The van der Waals surface area contributed by atoms with Crippen LogP contribution in [0.4, 0.5) is 13.2 Å². The van der Waals surface area contributed by atoms with E-state index < -0.39 is 11.7 Å². The number of methoxy groups -OCH3 is 1. The minimum atomic E-state index is -4.39. The first kappa shape index (κ1) is 20.2. The van der Waals surface area contributed by atoms with Gasteiger partial charge in [-0.2, -0.15) is 13.2 Å². The van der Waals surface area contributed by atoms with Crippen LogP contribution in [0.3, 0.4) is 0 Å². The van der Waals surface area contributed by atoms with E-state index in [-0.39, 0.29) is 11.5 Å². The Morgan fingerprint density at radius 1 is 1.04 bits per heavy atom. The number of rotatable bonds is 5. The molecule has 0 spiro atoms. The fourth-order valence-corrected chi connectivity index (χ4v) is 3.27. The van der Waals surface area contributed by atoms with Gasteiger partial charge in [-0.05, 0) is 48.4 Å². The molecule has 2 aromatic rings. The number of hydrogen-bond donors (Lipinski definition) is 0. The summed E-state index contributed by atoms with van der Waals surface area (Å²) in [6.45, 7) is 3.51. The summed E-state index contributed by atoms with van der Waals surface area (Å²) in [4.78, 5) is 16.5. The molecule has 7 heteroatoms. The van der Waals surface area contributed by atoms with Gasteiger partial charge in [-0.1, -0.05) is 12.1 Å². The fraction of sp³-hybridized carbons (Fsp3) is 0.381. The van der Waals surface area contributed by atoms with Crippen molar-refractivity contribution < 1.29 is 22.7 Å². The molecule has 28 heavy (non-hydrogen) atoms. The van der Waals surface area contributed by atoms with Crippen LogP contribution in [0.25, 0.3) is 0 Å². The predicted molar refractivity (Wildman–Crippen MR) is 100 cm³/mol. The molecule has 4 nitrogen and oxygen atoms in total. The molecule has 0 bridgehead atoms. The SMILES string of the molecule is COc1cccc(CCN2CCN(C(=O)c3ccc(C(F)(F)F)cc3)CC2)c1. The van der Waals surface area contributed by atoms with Gasteiger partial charge in [-0.25, -0.2) is 0 Å². The smallest absolute Gasteiger partial charge is 0.416 e. The van der Waals surface area contributed by atoms with E-state index in [0.29, 0.717) is 13.1 Å². The molecule has 0 aliphatic carbocycles. The Hall–Kier alpha value is -2.54. The standard InChI is InChI=1S/C21H23F3N2O2/c1-28-19-4-2-3-16(15-19)9-10-25-11-13-26(14-12-25)20(27)17-5-7-18(8-6-17)21(22,23)24/h2-8,15H,9-14H2,1H3. The van der Waals surface area contributed by atoms with Crippen LogP contribution < -0.4 is 4.74 Å². The molecule has 1 aliphatic rings. The average Bonchev–Trinajstić information content (AvgIpc) is 2.72. The van der Waals surface area contributed by atoms with Gasteiger partial charge in [0, 0.05) is 38.3 Å². The summed E-state index contributed by atoms with van der Waals surface area (Å²) in [5.41, 5.74) is 0.742. The van der Waals surface area contributed by atoms with Crippen molar-refractivity contribution >= 4 is 5.91 Å². The van der Waals surface area contributed by atoms with E-state index >= 15 is 0 Å². The third-order valence-corrected chi connectivity index (χ3v) is 4.97. The third-order valence-electron chi connectivity index (χ3n) is 4.97. The second-order valence-corrected chi connectivity index (χ2v) is 6.81. The molecular formula is C21H23F3N2O2. The summed E-state index contributed by atoms with van der Waals surface area (Å²) < 4.78 is 43.2. The van der Waals surface area contributed by atoms with Gasteiger partial charge in [-0.15, -0.1) is 0 Å². The highest BCUT2D eigenvalue weighted by atomic mass is 19.4. The second-order valence-electron chi connectivity index (χ2n) is 6.81. The maximum Gasteiger partial charge on any atom is 0.416 e. The number of carbonyl (C=O) groups is 1. The summed E-state index contributed by atoms with van der Waals surface area (Å²) in [6.07, 6.45) is -3.50. The molecule has 0 N–H and O–H groups in total. The summed E-state index contributed by atoms with van der Waals surface area (Å²) in [5.74, 6) is 0.616. The number of ether oxygens (including phenoxy) is 1. The first-order valence-corrected chi connectivity index (χ1v) is 9.18. The Kier molecular flexibility index (Phi) is 6.24. The van der Waals surface area contributed by atoms with Gasteiger partial charge in [0.25, 0.3) is 5.91 Å². The Morgan fingerprint density at radius 3 is 2.32 bits per heavy atom. The van der Waals surface area contributed by atoms with Gasteiger partial charge in [0.05, 0.1) is 12.7 Å². The topological polar surface area (TPSA) is 32.8 Å². The molecule has 0 unspecified atom stereocenters. The van der Waals surface area contributed by atoms with Crippen molar-refractivity contribution in [3.05, 3.63) is 65.2 Å². The summed E-state index contributed by atoms with van der Waals surface area (Å²) >= 11 is 0. The minimum Gasteiger partial charge on any atom is -0.497 e. The van der Waals surface area contributed by atoms with Gasteiger partial charge >= 0.3 is 6.18 Å². The van der Waals surface area contributed by atoms with Crippen LogP contribution in [0, 0.1) is 0 Å². The normalized spacial score (nSPS) is 15.5. The first-order chi connectivity index (χ1) is 13.4. The van der Waals surface area contributed by atoms with Gasteiger partial charge in [0.1, 0.15) is 5.75 Å². The zero-order chi connectivity index (χ0) is 20.1. The molecule has 1 heterocycles. The number of alkyl halides is 3. The second kappa shape index (κ2) is 8.65. The highest BCUT2D eigenvalue weighted by Crippen LogP contribution is 2.29. The van der Waals surface area contributed by atoms with Crippen molar-refractivity contribution in [3.63, 3.8) is 0 Å². The lowest BCUT2D eigenvalue weighted by molar-refractivity contribution is -0.137. The van der Waals surface area contributed by atoms with E-state index in [1.807, 2.05) is 18.2 Å². The lowest BCUT2D eigenvalue weighted by Crippen LogP contribution is -2.49. The molecule has 2 aromatic carbocycles. The molecule has 0 radical (unpaired) electrons. The van der Waals surface area contributed by atoms with Crippen molar-refractivity contribution in [1.82, 2.24) is 9.80 Å². The zero-order valence-electron chi connectivity index (χ0n) is 15.7. The van der Waals surface area contributed by atoms with Crippen LogP contribution in [0.5, 0.6) is 5.75 Å². The van der Waals surface area contributed by atoms with Crippen molar-refractivity contribution in [1.29, 1.82) is 0 Å². The average molecular weight is 392 g/mol. The van der Waals surface area contributed by atoms with E-state index in [1.165, 1.54) is 17.7 Å². The van der Waals surface area contributed by atoms with E-state index in [9.17, 15) is 18.0 Å². The van der Waals surface area contributed by atoms with Crippen LogP contribution in [-0.4, -0.2) is 55.5 Å². The molecule has 1 amide bonds. The predicted octanol–water partition coefficient (Wildman–Crippen LogP) is 3.71. The maximum atomic E-state index is 12.6. The number of halogens is 3. The first-order valence-electron chi connectivity index (χ1n) is 9.18. The van der Waals surface area contributed by atoms with E-state index in [1.54, 1.807) is 12.0 Å². The van der Waals surface area contributed by atoms with E-state index in [2.05, 4.69) is 11.0 Å². The van der Waals surface area contributed by atoms with Gasteiger partial charge in [0.15, 0.2) is 0 Å². The molecule has 1 fully saturated rings. The van der Waals surface area contributed by atoms with Crippen LogP contribution in [0.2, 0.25) is 0 Å². The molecule has 1 saturated heterocycles. The highest BCUT2D eigenvalue weighted by Gasteiger charge is 2.30. The van der Waals surface area contributed by atoms with Crippen molar-refractivity contribution in [2.24, 2.45) is 0 Å². The van der Waals surface area contributed by atoms with Crippen LogP contribution in [0.15, 0.2) is 48.5 Å². The van der Waals surface area contributed by atoms with Gasteiger partial charge in [-0.3, -0.25) is 9.69 Å². The lowest BCUT2D eigenvalue weighted by Gasteiger charge is -2.34. The van der Waals surface area contributed by atoms with Crippen LogP contribution in [-0.2, 0) is 12.6 Å². The molecule has 0 aromatic heterocycles. The third kappa shape index (κ3) is 5.04. The largest absolute Gasteiger partial charge is 0.497 e. The van der Waals surface area contributed by atoms with Gasteiger partial charge < -0.3 is 9.64 Å². The van der Waals surface area contributed by atoms with E-state index in [0.717, 1.165) is 43.9 Å². The van der Waals surface area contributed by atoms with Crippen molar-refractivity contribution in [2.75, 3.05) is 39.8 Å². The number of hydrogen-bond acceptors (Lipinski definition) is 3. The van der Waals surface area contributed by atoms with Crippen LogP contribution in [0.1, 0.15) is 21.5 Å². The fourth-order valence-electron chi connectivity index (χ4n) is 3.27. The van der Waals surface area contributed by atoms with Crippen molar-refractivity contribution in [2.45, 2.75) is 12.6 Å². The number of benzene rings is 2. The molecule has 3 rings (SSSR count). The quantitative estimate of drug-likeness (QED) is 0.778. The van der Waals surface area contributed by atoms with Crippen LogP contribution >= 0.6 is 0 Å². The Bertz CT molecular complexity index is 798. The monoisotopic (exact) mass is 392 g/mol. The lowest BCUT2D eigenvalue weighted by atomic mass is 10.1. The summed E-state index contributed by atoms with van der Waals surface area (Å²) in [5, 5.41) is 0. The molecule has 0 atom stereocenters. The molecule has 0 saturated carbocycles. The Balaban J connectivity index is 1.50. The molecule has 150 valence electrons. The molecular weight excluding hydrogens is 369 g/mol. The van der Waals surface area contributed by atoms with E-state index in [4.69, 9.17) is 4.74 Å². The number of nitrogens with zero attached hydrogens (tertiary/aromatic N) is 2. The number of amides is 1. The minimum absolute atomic E-state index is 0.221.